The van der Waals surface area contributed by atoms with Crippen LogP contribution in [0, 0.1) is 0 Å². The van der Waals surface area contributed by atoms with E-state index in [0.717, 1.165) is 5.56 Å². The molecule has 5 nitrogen and oxygen atoms in total. The van der Waals surface area contributed by atoms with Gasteiger partial charge in [-0.15, -0.1) is 6.58 Å². The van der Waals surface area contributed by atoms with E-state index in [9.17, 15) is 8.42 Å². The number of nitrogens with zero attached hydrogens (tertiary/aromatic N) is 1. The number of benzene rings is 1. The van der Waals surface area contributed by atoms with Gasteiger partial charge in [0.1, 0.15) is 0 Å². The lowest BCUT2D eigenvalue weighted by molar-refractivity contribution is 0.182. The van der Waals surface area contributed by atoms with Gasteiger partial charge in [-0.25, -0.2) is 8.42 Å². The molecule has 6 heteroatoms. The van der Waals surface area contributed by atoms with Crippen LogP contribution in [0.2, 0.25) is 0 Å². The van der Waals surface area contributed by atoms with Crippen molar-refractivity contribution < 1.29 is 13.2 Å². The van der Waals surface area contributed by atoms with Gasteiger partial charge in [0.25, 0.3) is 0 Å². The molecule has 0 amide bonds. The number of ether oxygens (including phenoxy) is 1. The van der Waals surface area contributed by atoms with E-state index in [1.54, 1.807) is 30.3 Å². The third-order valence-electron chi connectivity index (χ3n) is 2.65. The molecule has 1 aromatic rings. The van der Waals surface area contributed by atoms with Crippen LogP contribution in [0.25, 0.3) is 0 Å². The monoisotopic (exact) mass is 284 g/mol. The molecule has 106 valence electrons. The third kappa shape index (κ3) is 4.14. The largest absolute Gasteiger partial charge is 0.383 e. The van der Waals surface area contributed by atoms with Crippen molar-refractivity contribution in [2.24, 2.45) is 5.73 Å². The molecule has 0 aliphatic rings. The Hall–Kier alpha value is -1.21. The molecule has 0 unspecified atom stereocenters. The van der Waals surface area contributed by atoms with Gasteiger partial charge in [0.15, 0.2) is 0 Å². The first kappa shape index (κ1) is 15.8. The molecule has 0 heterocycles. The average Bonchev–Trinajstić information content (AvgIpc) is 2.43. The maximum atomic E-state index is 12.5. The van der Waals surface area contributed by atoms with E-state index >= 15 is 0 Å². The fourth-order valence-electron chi connectivity index (χ4n) is 1.63. The number of methoxy groups -OCH3 is 1. The molecule has 0 aromatic heterocycles. The fraction of sp³-hybridized carbons (Fsp3) is 0.385. The Bertz CT molecular complexity index is 514. The van der Waals surface area contributed by atoms with Crippen LogP contribution >= 0.6 is 0 Å². The van der Waals surface area contributed by atoms with Gasteiger partial charge >= 0.3 is 0 Å². The predicted molar refractivity (Wildman–Crippen MR) is 75.2 cm³/mol. The molecular weight excluding hydrogens is 264 g/mol. The molecule has 0 fully saturated rings. The quantitative estimate of drug-likeness (QED) is 0.722. The van der Waals surface area contributed by atoms with Crippen molar-refractivity contribution in [1.82, 2.24) is 4.31 Å². The summed E-state index contributed by atoms with van der Waals surface area (Å²) in [5, 5.41) is 0. The Labute approximate surface area is 114 Å². The van der Waals surface area contributed by atoms with Crippen molar-refractivity contribution in [3.05, 3.63) is 42.5 Å². The van der Waals surface area contributed by atoms with Crippen LogP contribution in [-0.4, -0.2) is 39.5 Å². The molecule has 1 aromatic carbocycles. The molecule has 0 bridgehead atoms. The van der Waals surface area contributed by atoms with Crippen LogP contribution < -0.4 is 5.73 Å². The molecule has 2 N–H and O–H groups in total. The molecule has 0 radical (unpaired) electrons. The zero-order chi connectivity index (χ0) is 14.3. The number of sulfonamides is 1. The summed E-state index contributed by atoms with van der Waals surface area (Å²) in [6.45, 7) is 4.77. The van der Waals surface area contributed by atoms with Gasteiger partial charge in [-0.2, -0.15) is 4.31 Å². The Morgan fingerprint density at radius 2 is 2.21 bits per heavy atom. The van der Waals surface area contributed by atoms with Gasteiger partial charge < -0.3 is 10.5 Å². The molecule has 0 aliphatic carbocycles. The standard InChI is InChI=1S/C13H20N2O3S/c1-3-7-15(8-9-18-2)19(16,17)13-6-4-5-12(10-13)11-14/h3-6,10H,1,7-9,11,14H2,2H3. The van der Waals surface area contributed by atoms with Gasteiger partial charge in [0, 0.05) is 26.7 Å². The van der Waals surface area contributed by atoms with Crippen molar-refractivity contribution in [2.45, 2.75) is 11.4 Å². The van der Waals surface area contributed by atoms with Crippen LogP contribution in [0.5, 0.6) is 0 Å². The highest BCUT2D eigenvalue weighted by Gasteiger charge is 2.23. The summed E-state index contributed by atoms with van der Waals surface area (Å²) in [4.78, 5) is 0.244. The van der Waals surface area contributed by atoms with Gasteiger partial charge in [-0.1, -0.05) is 18.2 Å². The zero-order valence-electron chi connectivity index (χ0n) is 11.1. The lowest BCUT2D eigenvalue weighted by Crippen LogP contribution is -2.34. The average molecular weight is 284 g/mol. The number of hydrogen-bond acceptors (Lipinski definition) is 4. The zero-order valence-corrected chi connectivity index (χ0v) is 11.9. The molecule has 0 saturated carbocycles. The van der Waals surface area contributed by atoms with E-state index in [0.29, 0.717) is 13.2 Å². The van der Waals surface area contributed by atoms with Crippen LogP contribution in [0.3, 0.4) is 0 Å². The SMILES string of the molecule is C=CCN(CCOC)S(=O)(=O)c1cccc(CN)c1. The topological polar surface area (TPSA) is 72.6 Å². The van der Waals surface area contributed by atoms with Crippen molar-refractivity contribution in [2.75, 3.05) is 26.8 Å². The second-order valence-electron chi connectivity index (χ2n) is 4.00. The van der Waals surface area contributed by atoms with Crippen molar-refractivity contribution in [1.29, 1.82) is 0 Å². The third-order valence-corrected chi connectivity index (χ3v) is 4.51. The van der Waals surface area contributed by atoms with Gasteiger partial charge in [-0.05, 0) is 17.7 Å². The fourth-order valence-corrected chi connectivity index (χ4v) is 3.09. The summed E-state index contributed by atoms with van der Waals surface area (Å²) in [5.74, 6) is 0. The van der Waals surface area contributed by atoms with E-state index in [1.807, 2.05) is 0 Å². The maximum absolute atomic E-state index is 12.5. The Kier molecular flexibility index (Phi) is 6.17. The summed E-state index contributed by atoms with van der Waals surface area (Å²) >= 11 is 0. The highest BCUT2D eigenvalue weighted by molar-refractivity contribution is 7.89. The first-order chi connectivity index (χ1) is 9.06. The van der Waals surface area contributed by atoms with E-state index in [2.05, 4.69) is 6.58 Å². The molecule has 0 atom stereocenters. The van der Waals surface area contributed by atoms with Gasteiger partial charge in [0.05, 0.1) is 11.5 Å². The minimum atomic E-state index is -3.54. The lowest BCUT2D eigenvalue weighted by Gasteiger charge is -2.20. The van der Waals surface area contributed by atoms with Gasteiger partial charge in [-0.3, -0.25) is 0 Å². The summed E-state index contributed by atoms with van der Waals surface area (Å²) in [7, 11) is -2.01. The van der Waals surface area contributed by atoms with Crippen molar-refractivity contribution >= 4 is 10.0 Å². The summed E-state index contributed by atoms with van der Waals surface area (Å²) in [5.41, 5.74) is 6.32. The minimum Gasteiger partial charge on any atom is -0.383 e. The number of rotatable bonds is 8. The van der Waals surface area contributed by atoms with Crippen LogP contribution in [0.4, 0.5) is 0 Å². The minimum absolute atomic E-state index is 0.244. The molecule has 1 rings (SSSR count). The molecular formula is C13H20N2O3S. The molecule has 19 heavy (non-hydrogen) atoms. The second-order valence-corrected chi connectivity index (χ2v) is 5.93. The number of hydrogen-bond donors (Lipinski definition) is 1. The molecule has 0 spiro atoms. The lowest BCUT2D eigenvalue weighted by atomic mass is 10.2. The highest BCUT2D eigenvalue weighted by atomic mass is 32.2. The van der Waals surface area contributed by atoms with E-state index in [4.69, 9.17) is 10.5 Å². The number of nitrogens with two attached hydrogens (primary N) is 1. The van der Waals surface area contributed by atoms with Crippen LogP contribution in [0.15, 0.2) is 41.8 Å². The summed E-state index contributed by atoms with van der Waals surface area (Å²) < 4.78 is 31.2. The highest BCUT2D eigenvalue weighted by Crippen LogP contribution is 2.17. The van der Waals surface area contributed by atoms with Crippen LogP contribution in [0.1, 0.15) is 5.56 Å². The molecule has 0 saturated heterocycles. The Morgan fingerprint density at radius 3 is 2.79 bits per heavy atom. The van der Waals surface area contributed by atoms with E-state index in [-0.39, 0.29) is 18.0 Å². The summed E-state index contributed by atoms with van der Waals surface area (Å²) in [6.07, 6.45) is 1.56. The summed E-state index contributed by atoms with van der Waals surface area (Å²) in [6, 6.07) is 6.65. The van der Waals surface area contributed by atoms with E-state index in [1.165, 1.54) is 11.4 Å². The van der Waals surface area contributed by atoms with Crippen molar-refractivity contribution in [3.8, 4) is 0 Å². The van der Waals surface area contributed by atoms with E-state index < -0.39 is 10.0 Å². The first-order valence-electron chi connectivity index (χ1n) is 5.95. The normalized spacial score (nSPS) is 11.7. The van der Waals surface area contributed by atoms with Crippen LogP contribution in [-0.2, 0) is 21.3 Å². The predicted octanol–water partition coefficient (Wildman–Crippen LogP) is 0.968. The maximum Gasteiger partial charge on any atom is 0.243 e. The van der Waals surface area contributed by atoms with Crippen molar-refractivity contribution in [3.63, 3.8) is 0 Å². The Morgan fingerprint density at radius 1 is 1.47 bits per heavy atom. The molecule has 0 aliphatic heterocycles. The first-order valence-corrected chi connectivity index (χ1v) is 7.39. The smallest absolute Gasteiger partial charge is 0.243 e. The van der Waals surface area contributed by atoms with Gasteiger partial charge in [0.2, 0.25) is 10.0 Å². The Balaban J connectivity index is 3.06. The second kappa shape index (κ2) is 7.40.